The van der Waals surface area contributed by atoms with Crippen molar-refractivity contribution in [1.82, 2.24) is 14.5 Å². The van der Waals surface area contributed by atoms with E-state index in [-0.39, 0.29) is 11.8 Å². The molecular formula is C10H16N4O6. The Morgan fingerprint density at radius 1 is 1.25 bits per heavy atom. The highest BCUT2D eigenvalue weighted by atomic mass is 16.6. The standard InChI is InChI=1S/C10H16N4O6/c1-3-12-9(11)14(10(19)13-3)8-7(18)6(17)5(16)4(2-15)20-8/h4-8,15-18H,2H2,1H3,(H2,11,12,13,19)/t4-,5-,6+,7+,8+/m1/s1. The Balaban J connectivity index is 2.44. The molecule has 20 heavy (non-hydrogen) atoms. The van der Waals surface area contributed by atoms with Gasteiger partial charge < -0.3 is 30.9 Å². The molecular weight excluding hydrogens is 272 g/mol. The number of anilines is 1. The summed E-state index contributed by atoms with van der Waals surface area (Å²) in [6, 6.07) is 0. The fraction of sp³-hybridized carbons (Fsp3) is 0.700. The van der Waals surface area contributed by atoms with Gasteiger partial charge in [0.15, 0.2) is 6.23 Å². The highest BCUT2D eigenvalue weighted by molar-refractivity contribution is 5.17. The second-order valence-corrected chi connectivity index (χ2v) is 4.50. The van der Waals surface area contributed by atoms with Crippen LogP contribution in [0, 0.1) is 6.92 Å². The van der Waals surface area contributed by atoms with Crippen molar-refractivity contribution < 1.29 is 25.2 Å². The van der Waals surface area contributed by atoms with E-state index in [9.17, 15) is 20.1 Å². The predicted octanol–water partition coefficient (Wildman–Crippen LogP) is -3.50. The number of aryl methyl sites for hydroxylation is 1. The van der Waals surface area contributed by atoms with E-state index in [1.54, 1.807) is 0 Å². The van der Waals surface area contributed by atoms with Crippen molar-refractivity contribution in [2.24, 2.45) is 0 Å². The van der Waals surface area contributed by atoms with Gasteiger partial charge in [-0.15, -0.1) is 0 Å². The SMILES string of the molecule is Cc1nc(N)n([C@H]2O[C@H](CO)[C@@H](O)[C@H](O)[C@@H]2O)c(=O)n1. The van der Waals surface area contributed by atoms with Crippen LogP contribution in [0.1, 0.15) is 12.1 Å². The maximum absolute atomic E-state index is 11.8. The Kier molecular flexibility index (Phi) is 4.01. The second kappa shape index (κ2) is 5.42. The normalized spacial score (nSPS) is 34.1. The molecule has 0 amide bonds. The molecule has 0 radical (unpaired) electrons. The number of hydrogen-bond donors (Lipinski definition) is 5. The van der Waals surface area contributed by atoms with Crippen LogP contribution >= 0.6 is 0 Å². The minimum Gasteiger partial charge on any atom is -0.394 e. The number of aliphatic hydroxyl groups excluding tert-OH is 4. The number of aromatic nitrogens is 3. The number of nitrogens with two attached hydrogens (primary N) is 1. The van der Waals surface area contributed by atoms with E-state index in [0.29, 0.717) is 0 Å². The summed E-state index contributed by atoms with van der Waals surface area (Å²) in [6.07, 6.45) is -7.31. The molecule has 1 aliphatic rings. The van der Waals surface area contributed by atoms with Crippen LogP contribution in [-0.2, 0) is 4.74 Å². The Morgan fingerprint density at radius 3 is 2.45 bits per heavy atom. The van der Waals surface area contributed by atoms with Gasteiger partial charge in [-0.25, -0.2) is 9.36 Å². The van der Waals surface area contributed by atoms with E-state index < -0.39 is 42.9 Å². The van der Waals surface area contributed by atoms with Gasteiger partial charge in [0.25, 0.3) is 0 Å². The minimum absolute atomic E-state index is 0.147. The summed E-state index contributed by atoms with van der Waals surface area (Å²) >= 11 is 0. The average molecular weight is 288 g/mol. The lowest BCUT2D eigenvalue weighted by atomic mass is 9.98. The molecule has 0 aromatic carbocycles. The van der Waals surface area contributed by atoms with Gasteiger partial charge in [0, 0.05) is 0 Å². The van der Waals surface area contributed by atoms with Gasteiger partial charge in [0.2, 0.25) is 5.95 Å². The van der Waals surface area contributed by atoms with Gasteiger partial charge >= 0.3 is 5.69 Å². The number of aliphatic hydroxyl groups is 4. The second-order valence-electron chi connectivity index (χ2n) is 4.50. The first-order valence-electron chi connectivity index (χ1n) is 5.90. The van der Waals surface area contributed by atoms with Gasteiger partial charge in [0.1, 0.15) is 30.2 Å². The highest BCUT2D eigenvalue weighted by Gasteiger charge is 2.45. The molecule has 0 aliphatic carbocycles. The first-order chi connectivity index (χ1) is 9.36. The van der Waals surface area contributed by atoms with E-state index in [4.69, 9.17) is 15.6 Å². The summed E-state index contributed by atoms with van der Waals surface area (Å²) in [6.45, 7) is 0.859. The topological polar surface area (TPSA) is 164 Å². The van der Waals surface area contributed by atoms with Crippen LogP contribution in [0.25, 0.3) is 0 Å². The lowest BCUT2D eigenvalue weighted by Gasteiger charge is -2.40. The molecule has 0 unspecified atom stereocenters. The van der Waals surface area contributed by atoms with Crippen LogP contribution in [-0.4, -0.2) is 66.0 Å². The van der Waals surface area contributed by atoms with Gasteiger partial charge in [-0.2, -0.15) is 9.97 Å². The molecule has 112 valence electrons. The first-order valence-corrected chi connectivity index (χ1v) is 5.90. The molecule has 10 nitrogen and oxygen atoms in total. The Labute approximate surface area is 113 Å². The number of ether oxygens (including phenoxy) is 1. The van der Waals surface area contributed by atoms with Gasteiger partial charge in [0.05, 0.1) is 6.61 Å². The molecule has 0 spiro atoms. The minimum atomic E-state index is -1.63. The summed E-state index contributed by atoms with van der Waals surface area (Å²) in [5.41, 5.74) is 4.78. The Hall–Kier alpha value is -1.59. The average Bonchev–Trinajstić information content (AvgIpc) is 2.37. The largest absolute Gasteiger partial charge is 0.394 e. The van der Waals surface area contributed by atoms with Crippen LogP contribution in [0.5, 0.6) is 0 Å². The molecule has 0 saturated carbocycles. The zero-order chi connectivity index (χ0) is 15.0. The lowest BCUT2D eigenvalue weighted by molar-refractivity contribution is -0.251. The van der Waals surface area contributed by atoms with Gasteiger partial charge in [-0.05, 0) is 6.92 Å². The molecule has 1 aliphatic heterocycles. The quantitative estimate of drug-likeness (QED) is 0.371. The third-order valence-electron chi connectivity index (χ3n) is 3.11. The maximum atomic E-state index is 11.8. The van der Waals surface area contributed by atoms with Crippen molar-refractivity contribution in [3.63, 3.8) is 0 Å². The number of rotatable bonds is 2. The van der Waals surface area contributed by atoms with E-state index >= 15 is 0 Å². The van der Waals surface area contributed by atoms with Crippen molar-refractivity contribution in [3.8, 4) is 0 Å². The van der Waals surface area contributed by atoms with Crippen molar-refractivity contribution in [2.75, 3.05) is 12.3 Å². The summed E-state index contributed by atoms with van der Waals surface area (Å²) in [7, 11) is 0. The molecule has 2 heterocycles. The third-order valence-corrected chi connectivity index (χ3v) is 3.11. The fourth-order valence-corrected chi connectivity index (χ4v) is 2.07. The summed E-state index contributed by atoms with van der Waals surface area (Å²) < 4.78 is 5.97. The number of nitrogen functional groups attached to an aromatic ring is 1. The van der Waals surface area contributed by atoms with Crippen molar-refractivity contribution in [3.05, 3.63) is 16.3 Å². The van der Waals surface area contributed by atoms with Crippen molar-refractivity contribution >= 4 is 5.95 Å². The van der Waals surface area contributed by atoms with E-state index in [2.05, 4.69) is 9.97 Å². The predicted molar refractivity (Wildman–Crippen MR) is 64.5 cm³/mol. The fourth-order valence-electron chi connectivity index (χ4n) is 2.07. The Morgan fingerprint density at radius 2 is 1.90 bits per heavy atom. The van der Waals surface area contributed by atoms with E-state index in [0.717, 1.165) is 4.57 Å². The Bertz CT molecular complexity index is 547. The first kappa shape index (κ1) is 14.8. The van der Waals surface area contributed by atoms with Crippen LogP contribution < -0.4 is 11.4 Å². The smallest absolute Gasteiger partial charge is 0.354 e. The molecule has 0 bridgehead atoms. The maximum Gasteiger partial charge on any atom is 0.354 e. The van der Waals surface area contributed by atoms with Gasteiger partial charge in [-0.1, -0.05) is 0 Å². The summed E-state index contributed by atoms with van der Waals surface area (Å²) in [5, 5.41) is 38.3. The monoisotopic (exact) mass is 288 g/mol. The molecule has 1 aromatic heterocycles. The van der Waals surface area contributed by atoms with Crippen molar-refractivity contribution in [1.29, 1.82) is 0 Å². The molecule has 10 heteroatoms. The van der Waals surface area contributed by atoms with Crippen molar-refractivity contribution in [2.45, 2.75) is 37.6 Å². The molecule has 1 saturated heterocycles. The van der Waals surface area contributed by atoms with Crippen LogP contribution in [0.2, 0.25) is 0 Å². The molecule has 1 aromatic rings. The highest BCUT2D eigenvalue weighted by Crippen LogP contribution is 2.28. The molecule has 2 rings (SSSR count). The van der Waals surface area contributed by atoms with Crippen LogP contribution in [0.15, 0.2) is 4.79 Å². The number of hydrogen-bond acceptors (Lipinski definition) is 9. The lowest BCUT2D eigenvalue weighted by Crippen LogP contribution is -2.58. The van der Waals surface area contributed by atoms with Crippen LogP contribution in [0.3, 0.4) is 0 Å². The number of nitrogens with zero attached hydrogens (tertiary/aromatic N) is 3. The van der Waals surface area contributed by atoms with E-state index in [1.165, 1.54) is 6.92 Å². The zero-order valence-corrected chi connectivity index (χ0v) is 10.6. The summed E-state index contributed by atoms with van der Waals surface area (Å²) in [5.74, 6) is -0.111. The molecule has 5 atom stereocenters. The van der Waals surface area contributed by atoms with Crippen LogP contribution in [0.4, 0.5) is 5.95 Å². The molecule has 6 N–H and O–H groups in total. The summed E-state index contributed by atoms with van der Waals surface area (Å²) in [4.78, 5) is 19.2. The molecule has 1 fully saturated rings. The third kappa shape index (κ3) is 2.39. The zero-order valence-electron chi connectivity index (χ0n) is 10.6. The van der Waals surface area contributed by atoms with Gasteiger partial charge in [-0.3, -0.25) is 0 Å². The van der Waals surface area contributed by atoms with E-state index in [1.807, 2.05) is 0 Å².